The highest BCUT2D eigenvalue weighted by Crippen LogP contribution is 2.23. The maximum atomic E-state index is 13.2. The minimum Gasteiger partial charge on any atom is -0.341 e. The van der Waals surface area contributed by atoms with E-state index in [2.05, 4.69) is 15.9 Å². The second kappa shape index (κ2) is 7.33. The van der Waals surface area contributed by atoms with Gasteiger partial charge in [0.1, 0.15) is 0 Å². The highest BCUT2D eigenvalue weighted by Gasteiger charge is 2.24. The predicted molar refractivity (Wildman–Crippen MR) is 81.1 cm³/mol. The first-order valence-corrected chi connectivity index (χ1v) is 6.57. The summed E-state index contributed by atoms with van der Waals surface area (Å²) in [6, 6.07) is 1.85. The molecule has 0 unspecified atom stereocenters. The third-order valence-corrected chi connectivity index (χ3v) is 3.46. The molecule has 0 saturated carbocycles. The number of hydrogen-bond donors (Lipinski definition) is 1. The number of amides is 1. The van der Waals surface area contributed by atoms with Crippen molar-refractivity contribution in [3.8, 4) is 0 Å². The van der Waals surface area contributed by atoms with Gasteiger partial charge in [0.25, 0.3) is 5.91 Å². The monoisotopic (exact) mass is 370 g/mol. The molecule has 0 aliphatic rings. The van der Waals surface area contributed by atoms with Crippen LogP contribution in [0.15, 0.2) is 16.6 Å². The van der Waals surface area contributed by atoms with E-state index in [0.29, 0.717) is 13.1 Å². The van der Waals surface area contributed by atoms with Crippen LogP contribution in [0.5, 0.6) is 0 Å². The minimum absolute atomic E-state index is 0. The zero-order valence-electron chi connectivity index (χ0n) is 11.5. The summed E-state index contributed by atoms with van der Waals surface area (Å²) in [7, 11) is 1.60. The standard InChI is InChI=1S/C13H17BrF2N2O.ClH/c1-13(2,6-17)7-18(3)12(19)8-4-10(15)11(16)5-9(8)14;/h4-5H,6-7,17H2,1-3H3;1H. The summed E-state index contributed by atoms with van der Waals surface area (Å²) in [6.45, 7) is 4.70. The Morgan fingerprint density at radius 1 is 1.35 bits per heavy atom. The zero-order valence-corrected chi connectivity index (χ0v) is 13.9. The van der Waals surface area contributed by atoms with Crippen LogP contribution in [0.1, 0.15) is 24.2 Å². The molecular weight excluding hydrogens is 354 g/mol. The Morgan fingerprint density at radius 3 is 2.35 bits per heavy atom. The lowest BCUT2D eigenvalue weighted by atomic mass is 9.93. The molecular formula is C13H18BrClF2N2O. The van der Waals surface area contributed by atoms with E-state index in [1.807, 2.05) is 13.8 Å². The Hall–Kier alpha value is -0.720. The Balaban J connectivity index is 0.00000361. The predicted octanol–water partition coefficient (Wildman–Crippen LogP) is 3.21. The van der Waals surface area contributed by atoms with E-state index >= 15 is 0 Å². The van der Waals surface area contributed by atoms with Gasteiger partial charge in [-0.1, -0.05) is 13.8 Å². The molecule has 0 aliphatic carbocycles. The van der Waals surface area contributed by atoms with Gasteiger partial charge in [0, 0.05) is 18.1 Å². The molecule has 20 heavy (non-hydrogen) atoms. The molecule has 0 fully saturated rings. The number of carbonyl (C=O) groups excluding carboxylic acids is 1. The van der Waals surface area contributed by atoms with Crippen molar-refractivity contribution in [2.45, 2.75) is 13.8 Å². The first-order chi connectivity index (χ1) is 8.68. The lowest BCUT2D eigenvalue weighted by molar-refractivity contribution is 0.0739. The average molecular weight is 372 g/mol. The third kappa shape index (κ3) is 4.68. The van der Waals surface area contributed by atoms with Crippen LogP contribution in [0.2, 0.25) is 0 Å². The van der Waals surface area contributed by atoms with Crippen LogP contribution in [0.25, 0.3) is 0 Å². The Kier molecular flexibility index (Phi) is 7.07. The van der Waals surface area contributed by atoms with Gasteiger partial charge in [-0.3, -0.25) is 4.79 Å². The van der Waals surface area contributed by atoms with Crippen molar-refractivity contribution in [1.82, 2.24) is 4.90 Å². The van der Waals surface area contributed by atoms with E-state index in [0.717, 1.165) is 12.1 Å². The Bertz CT molecular complexity index is 498. The summed E-state index contributed by atoms with van der Waals surface area (Å²) >= 11 is 3.07. The van der Waals surface area contributed by atoms with Crippen molar-refractivity contribution in [3.05, 3.63) is 33.8 Å². The van der Waals surface area contributed by atoms with Crippen LogP contribution in [-0.4, -0.2) is 30.9 Å². The molecule has 1 rings (SSSR count). The molecule has 3 nitrogen and oxygen atoms in total. The third-order valence-electron chi connectivity index (χ3n) is 2.80. The summed E-state index contributed by atoms with van der Waals surface area (Å²) in [5, 5.41) is 0. The maximum Gasteiger partial charge on any atom is 0.254 e. The largest absolute Gasteiger partial charge is 0.341 e. The molecule has 0 aromatic heterocycles. The van der Waals surface area contributed by atoms with E-state index < -0.39 is 11.6 Å². The van der Waals surface area contributed by atoms with Crippen LogP contribution < -0.4 is 5.73 Å². The van der Waals surface area contributed by atoms with Gasteiger partial charge < -0.3 is 10.6 Å². The number of hydrogen-bond acceptors (Lipinski definition) is 2. The van der Waals surface area contributed by atoms with E-state index in [1.165, 1.54) is 4.90 Å². The van der Waals surface area contributed by atoms with E-state index in [1.54, 1.807) is 7.05 Å². The van der Waals surface area contributed by atoms with Crippen LogP contribution in [0.3, 0.4) is 0 Å². The molecule has 1 aromatic carbocycles. The average Bonchev–Trinajstić information content (AvgIpc) is 2.32. The quantitative estimate of drug-likeness (QED) is 0.826. The van der Waals surface area contributed by atoms with Crippen molar-refractivity contribution in [2.75, 3.05) is 20.1 Å². The van der Waals surface area contributed by atoms with Crippen molar-refractivity contribution < 1.29 is 13.6 Å². The summed E-state index contributed by atoms with van der Waals surface area (Å²) < 4.78 is 26.4. The highest BCUT2D eigenvalue weighted by atomic mass is 79.9. The van der Waals surface area contributed by atoms with Crippen molar-refractivity contribution in [1.29, 1.82) is 0 Å². The second-order valence-corrected chi connectivity index (χ2v) is 6.13. The number of carbonyl (C=O) groups is 1. The molecule has 1 aromatic rings. The minimum atomic E-state index is -1.04. The van der Waals surface area contributed by atoms with Gasteiger partial charge in [-0.2, -0.15) is 0 Å². The molecule has 0 heterocycles. The number of nitrogens with two attached hydrogens (primary N) is 1. The van der Waals surface area contributed by atoms with E-state index in [9.17, 15) is 13.6 Å². The fraction of sp³-hybridized carbons (Fsp3) is 0.462. The van der Waals surface area contributed by atoms with Crippen molar-refractivity contribution in [2.24, 2.45) is 11.1 Å². The Labute approximate surface area is 132 Å². The van der Waals surface area contributed by atoms with Gasteiger partial charge in [-0.05, 0) is 40.0 Å². The number of benzene rings is 1. The first kappa shape index (κ1) is 19.3. The molecule has 0 spiro atoms. The van der Waals surface area contributed by atoms with Crippen LogP contribution in [0, 0.1) is 17.0 Å². The maximum absolute atomic E-state index is 13.2. The van der Waals surface area contributed by atoms with E-state index in [4.69, 9.17) is 5.73 Å². The summed E-state index contributed by atoms with van der Waals surface area (Å²) in [5.74, 6) is -2.42. The molecule has 2 N–H and O–H groups in total. The number of halogens is 4. The van der Waals surface area contributed by atoms with Gasteiger partial charge in [-0.25, -0.2) is 8.78 Å². The van der Waals surface area contributed by atoms with Crippen LogP contribution >= 0.6 is 28.3 Å². The molecule has 114 valence electrons. The molecule has 0 saturated heterocycles. The van der Waals surface area contributed by atoms with Crippen LogP contribution in [-0.2, 0) is 0 Å². The molecule has 0 bridgehead atoms. The van der Waals surface area contributed by atoms with Gasteiger partial charge in [0.15, 0.2) is 11.6 Å². The zero-order chi connectivity index (χ0) is 14.8. The van der Waals surface area contributed by atoms with Gasteiger partial charge in [0.05, 0.1) is 5.56 Å². The summed E-state index contributed by atoms with van der Waals surface area (Å²) in [6.07, 6.45) is 0. The van der Waals surface area contributed by atoms with Crippen LogP contribution in [0.4, 0.5) is 8.78 Å². The van der Waals surface area contributed by atoms with Crippen molar-refractivity contribution in [3.63, 3.8) is 0 Å². The molecule has 0 atom stereocenters. The van der Waals surface area contributed by atoms with E-state index in [-0.39, 0.29) is 33.8 Å². The number of nitrogens with zero attached hydrogens (tertiary/aromatic N) is 1. The fourth-order valence-corrected chi connectivity index (χ4v) is 2.16. The first-order valence-electron chi connectivity index (χ1n) is 5.78. The molecule has 1 amide bonds. The second-order valence-electron chi connectivity index (χ2n) is 5.28. The van der Waals surface area contributed by atoms with Gasteiger partial charge in [0.2, 0.25) is 0 Å². The lowest BCUT2D eigenvalue weighted by Gasteiger charge is -2.29. The smallest absolute Gasteiger partial charge is 0.254 e. The van der Waals surface area contributed by atoms with Gasteiger partial charge in [-0.15, -0.1) is 12.4 Å². The lowest BCUT2D eigenvalue weighted by Crippen LogP contribution is -2.39. The summed E-state index contributed by atoms with van der Waals surface area (Å²) in [4.78, 5) is 13.6. The Morgan fingerprint density at radius 2 is 1.85 bits per heavy atom. The van der Waals surface area contributed by atoms with Gasteiger partial charge >= 0.3 is 0 Å². The molecule has 0 radical (unpaired) electrons. The van der Waals surface area contributed by atoms with Crippen molar-refractivity contribution >= 4 is 34.2 Å². The molecule has 7 heteroatoms. The SMILES string of the molecule is CN(CC(C)(C)CN)C(=O)c1cc(F)c(F)cc1Br.Cl. The highest BCUT2D eigenvalue weighted by molar-refractivity contribution is 9.10. The normalized spacial score (nSPS) is 10.9. The summed E-state index contributed by atoms with van der Waals surface area (Å²) in [5.41, 5.74) is 5.46. The number of rotatable bonds is 4. The fourth-order valence-electron chi connectivity index (χ4n) is 1.67. The molecule has 0 aliphatic heterocycles. The topological polar surface area (TPSA) is 46.3 Å².